The molecule has 1 aliphatic rings. The summed E-state index contributed by atoms with van der Waals surface area (Å²) < 4.78 is 9.08. The first-order valence-corrected chi connectivity index (χ1v) is 12.1. The minimum absolute atomic E-state index is 0.121. The van der Waals surface area contributed by atoms with E-state index in [-0.39, 0.29) is 31.0 Å². The lowest BCUT2D eigenvalue weighted by Crippen LogP contribution is -2.42. The van der Waals surface area contributed by atoms with E-state index in [9.17, 15) is 9.59 Å². The van der Waals surface area contributed by atoms with Crippen molar-refractivity contribution in [2.75, 3.05) is 13.2 Å². The van der Waals surface area contributed by atoms with E-state index < -0.39 is 0 Å². The number of nitrogens with zero attached hydrogens (tertiary/aromatic N) is 4. The number of fused-ring (bicyclic) bond motifs is 3. The number of nitrogens with one attached hydrogen (secondary N) is 1. The van der Waals surface area contributed by atoms with E-state index in [1.807, 2.05) is 95.5 Å². The Labute approximate surface area is 210 Å². The number of para-hydroxylation sites is 1. The number of hydrogen-bond acceptors (Lipinski definition) is 4. The fourth-order valence-electron chi connectivity index (χ4n) is 4.74. The van der Waals surface area contributed by atoms with Gasteiger partial charge in [0, 0.05) is 18.3 Å². The minimum atomic E-state index is -0.334. The van der Waals surface area contributed by atoms with Crippen molar-refractivity contribution >= 4 is 12.0 Å². The Kier molecular flexibility index (Phi) is 6.58. The van der Waals surface area contributed by atoms with Crippen molar-refractivity contribution in [2.24, 2.45) is 0 Å². The smallest absolute Gasteiger partial charge is 0.318 e. The Balaban J connectivity index is 1.59. The summed E-state index contributed by atoms with van der Waals surface area (Å²) in [6.07, 6.45) is 2.14. The number of benzene rings is 2. The Morgan fingerprint density at radius 3 is 2.47 bits per heavy atom. The maximum Gasteiger partial charge on any atom is 0.318 e. The van der Waals surface area contributed by atoms with Gasteiger partial charge in [-0.05, 0) is 43.7 Å². The molecule has 8 nitrogen and oxygen atoms in total. The van der Waals surface area contributed by atoms with Crippen molar-refractivity contribution in [2.45, 2.75) is 32.9 Å². The van der Waals surface area contributed by atoms with E-state index in [0.29, 0.717) is 13.2 Å². The molecule has 0 aliphatic carbocycles. The van der Waals surface area contributed by atoms with E-state index in [4.69, 9.17) is 9.84 Å². The second-order valence-electron chi connectivity index (χ2n) is 8.67. The topological polar surface area (TPSA) is 81.4 Å². The van der Waals surface area contributed by atoms with Gasteiger partial charge in [0.25, 0.3) is 0 Å². The molecule has 0 saturated carbocycles. The summed E-state index contributed by atoms with van der Waals surface area (Å²) in [5, 5.41) is 7.79. The fourth-order valence-corrected chi connectivity index (χ4v) is 4.74. The van der Waals surface area contributed by atoms with E-state index in [1.54, 1.807) is 6.92 Å². The van der Waals surface area contributed by atoms with Crippen LogP contribution in [0.1, 0.15) is 41.9 Å². The highest BCUT2D eigenvalue weighted by Crippen LogP contribution is 2.38. The number of hydrogen-bond donors (Lipinski definition) is 1. The number of esters is 1. The van der Waals surface area contributed by atoms with Gasteiger partial charge in [0.15, 0.2) is 0 Å². The molecule has 8 heteroatoms. The van der Waals surface area contributed by atoms with Crippen molar-refractivity contribution in [3.63, 3.8) is 0 Å². The van der Waals surface area contributed by atoms with Crippen LogP contribution in [0.3, 0.4) is 0 Å². The van der Waals surface area contributed by atoms with Crippen LogP contribution in [0, 0.1) is 6.92 Å². The van der Waals surface area contributed by atoms with Crippen molar-refractivity contribution in [1.82, 2.24) is 24.6 Å². The second kappa shape index (κ2) is 10.1. The zero-order valence-electron chi connectivity index (χ0n) is 20.4. The molecule has 184 valence electrons. The lowest BCUT2D eigenvalue weighted by molar-refractivity contribution is -0.142. The second-order valence-corrected chi connectivity index (χ2v) is 8.67. The van der Waals surface area contributed by atoms with Crippen LogP contribution in [0.2, 0.25) is 0 Å². The van der Waals surface area contributed by atoms with Crippen LogP contribution in [0.15, 0.2) is 79.0 Å². The SMILES string of the molecule is CCOC(=O)CCNC(=O)N1Cc2c(C)nn(-c3ccccc3)c2-n2cccc2[C@H]1c1ccccc1. The predicted octanol–water partition coefficient (Wildman–Crippen LogP) is 4.54. The number of carbonyl (C=O) groups is 2. The molecule has 1 aliphatic heterocycles. The summed E-state index contributed by atoms with van der Waals surface area (Å²) in [6, 6.07) is 23.5. The molecule has 0 saturated heterocycles. The summed E-state index contributed by atoms with van der Waals surface area (Å²) >= 11 is 0. The maximum absolute atomic E-state index is 13.6. The van der Waals surface area contributed by atoms with Gasteiger partial charge in [-0.25, -0.2) is 9.48 Å². The molecular weight excluding hydrogens is 454 g/mol. The predicted molar refractivity (Wildman–Crippen MR) is 136 cm³/mol. The number of rotatable bonds is 6. The fraction of sp³-hybridized carbons (Fsp3) is 0.250. The van der Waals surface area contributed by atoms with Gasteiger partial charge in [-0.1, -0.05) is 48.5 Å². The third-order valence-electron chi connectivity index (χ3n) is 6.37. The number of amides is 2. The molecule has 0 bridgehead atoms. The molecule has 2 amide bonds. The number of aryl methyl sites for hydroxylation is 1. The van der Waals surface area contributed by atoms with Crippen LogP contribution >= 0.6 is 0 Å². The van der Waals surface area contributed by atoms with Gasteiger partial charge in [-0.3, -0.25) is 4.79 Å². The van der Waals surface area contributed by atoms with Gasteiger partial charge in [-0.15, -0.1) is 0 Å². The van der Waals surface area contributed by atoms with Crippen molar-refractivity contribution < 1.29 is 14.3 Å². The first-order valence-electron chi connectivity index (χ1n) is 12.1. The van der Waals surface area contributed by atoms with Crippen LogP contribution < -0.4 is 5.32 Å². The van der Waals surface area contributed by atoms with Gasteiger partial charge < -0.3 is 19.5 Å². The highest BCUT2D eigenvalue weighted by atomic mass is 16.5. The highest BCUT2D eigenvalue weighted by Gasteiger charge is 2.35. The molecule has 0 spiro atoms. The van der Waals surface area contributed by atoms with Crippen molar-refractivity contribution in [1.29, 1.82) is 0 Å². The zero-order chi connectivity index (χ0) is 25.1. The summed E-state index contributed by atoms with van der Waals surface area (Å²) in [5.74, 6) is 0.589. The van der Waals surface area contributed by atoms with E-state index in [1.165, 1.54) is 0 Å². The van der Waals surface area contributed by atoms with E-state index in [0.717, 1.165) is 34.0 Å². The van der Waals surface area contributed by atoms with Gasteiger partial charge in [-0.2, -0.15) is 5.10 Å². The Hall–Kier alpha value is -4.33. The van der Waals surface area contributed by atoms with Crippen LogP contribution in [0.25, 0.3) is 11.5 Å². The standard InChI is InChI=1S/C28H29N5O3/c1-3-36-25(34)16-17-29-28(35)32-19-23-20(2)30-33(22-13-8-5-9-14-22)27(23)31-18-10-15-24(31)26(32)21-11-6-4-7-12-21/h4-15,18,26H,3,16-17,19H2,1-2H3,(H,29,35)/t26-/m1/s1. The van der Waals surface area contributed by atoms with Crippen molar-refractivity contribution in [3.05, 3.63) is 102 Å². The normalized spacial score (nSPS) is 14.5. The maximum atomic E-state index is 13.6. The molecular formula is C28H29N5O3. The van der Waals surface area contributed by atoms with E-state index in [2.05, 4.69) is 9.88 Å². The average molecular weight is 484 g/mol. The molecule has 1 N–H and O–H groups in total. The number of urea groups is 1. The third-order valence-corrected chi connectivity index (χ3v) is 6.37. The number of carbonyl (C=O) groups excluding carboxylic acids is 2. The molecule has 36 heavy (non-hydrogen) atoms. The first-order chi connectivity index (χ1) is 17.6. The first kappa shape index (κ1) is 23.4. The lowest BCUT2D eigenvalue weighted by Gasteiger charge is -2.31. The summed E-state index contributed by atoms with van der Waals surface area (Å²) in [4.78, 5) is 27.3. The quantitative estimate of drug-likeness (QED) is 0.408. The van der Waals surface area contributed by atoms with Gasteiger partial charge >= 0.3 is 12.0 Å². The molecule has 1 atom stereocenters. The molecule has 0 fully saturated rings. The average Bonchev–Trinajstić information content (AvgIpc) is 3.45. The Morgan fingerprint density at radius 1 is 1.03 bits per heavy atom. The summed E-state index contributed by atoms with van der Waals surface area (Å²) in [6.45, 7) is 4.62. The van der Waals surface area contributed by atoms with Crippen LogP contribution in [0.5, 0.6) is 0 Å². The largest absolute Gasteiger partial charge is 0.466 e. The number of ether oxygens (including phenoxy) is 1. The van der Waals surface area contributed by atoms with Crippen molar-refractivity contribution in [3.8, 4) is 11.5 Å². The molecule has 0 unspecified atom stereocenters. The lowest BCUT2D eigenvalue weighted by atomic mass is 10.0. The molecule has 0 radical (unpaired) electrons. The molecule has 4 aromatic rings. The van der Waals surface area contributed by atoms with Gasteiger partial charge in [0.05, 0.1) is 42.7 Å². The number of aromatic nitrogens is 3. The summed E-state index contributed by atoms with van der Waals surface area (Å²) in [7, 11) is 0. The highest BCUT2D eigenvalue weighted by molar-refractivity contribution is 5.77. The van der Waals surface area contributed by atoms with Crippen LogP contribution in [-0.2, 0) is 16.1 Å². The molecule has 3 heterocycles. The molecule has 2 aromatic heterocycles. The Bertz CT molecular complexity index is 1360. The Morgan fingerprint density at radius 2 is 1.75 bits per heavy atom. The third kappa shape index (κ3) is 4.37. The van der Waals surface area contributed by atoms with Gasteiger partial charge in [0.1, 0.15) is 5.82 Å². The minimum Gasteiger partial charge on any atom is -0.466 e. The van der Waals surface area contributed by atoms with E-state index >= 15 is 0 Å². The zero-order valence-corrected chi connectivity index (χ0v) is 20.4. The summed E-state index contributed by atoms with van der Waals surface area (Å²) in [5.41, 5.74) is 4.73. The molecule has 2 aromatic carbocycles. The van der Waals surface area contributed by atoms with Crippen LogP contribution in [0.4, 0.5) is 4.79 Å². The van der Waals surface area contributed by atoms with Crippen LogP contribution in [-0.4, -0.2) is 44.4 Å². The molecule has 5 rings (SSSR count). The monoisotopic (exact) mass is 483 g/mol. The van der Waals surface area contributed by atoms with Gasteiger partial charge in [0.2, 0.25) is 0 Å².